The number of aromatic nitrogens is 2. The number of halogens is 1. The maximum atomic E-state index is 13.8. The Morgan fingerprint density at radius 3 is 2.61 bits per heavy atom. The maximum absolute atomic E-state index is 13.8. The van der Waals surface area contributed by atoms with Gasteiger partial charge in [0.1, 0.15) is 18.1 Å². The van der Waals surface area contributed by atoms with Crippen molar-refractivity contribution in [3.05, 3.63) is 24.3 Å². The van der Waals surface area contributed by atoms with Crippen LogP contribution in [0.25, 0.3) is 0 Å². The molecule has 44 heavy (non-hydrogen) atoms. The molecule has 3 fully saturated rings. The van der Waals surface area contributed by atoms with Gasteiger partial charge in [-0.05, 0) is 44.4 Å². The molecule has 242 valence electrons. The van der Waals surface area contributed by atoms with E-state index in [1.54, 1.807) is 11.2 Å². The predicted molar refractivity (Wildman–Crippen MR) is 163 cm³/mol. The third-order valence-corrected chi connectivity index (χ3v) is 7.85. The normalized spacial score (nSPS) is 19.1. The summed E-state index contributed by atoms with van der Waals surface area (Å²) in [7, 11) is 0. The van der Waals surface area contributed by atoms with Crippen LogP contribution in [0.3, 0.4) is 0 Å². The number of nitrogens with two attached hydrogens (primary N) is 1. The van der Waals surface area contributed by atoms with E-state index in [4.69, 9.17) is 5.84 Å². The zero-order valence-corrected chi connectivity index (χ0v) is 25.7. The molecule has 15 nitrogen and oxygen atoms in total. The van der Waals surface area contributed by atoms with Gasteiger partial charge >= 0.3 is 0 Å². The summed E-state index contributed by atoms with van der Waals surface area (Å²) in [6.07, 6.45) is 11.1. The Morgan fingerprint density at radius 1 is 1.09 bits per heavy atom. The van der Waals surface area contributed by atoms with Gasteiger partial charge < -0.3 is 36.5 Å². The summed E-state index contributed by atoms with van der Waals surface area (Å²) in [5.41, 5.74) is 0.164. The van der Waals surface area contributed by atoms with Crippen LogP contribution in [-0.2, 0) is 19.2 Å². The van der Waals surface area contributed by atoms with E-state index in [1.807, 2.05) is 4.90 Å². The standard InChI is InChI=1S/C28H42N10O5.ClH/c29-34-19-36-11-3-4-20(17-36)15-33-24(39)14-22(35-25(40)18-37-12-2-1-5-26(37)41)28(43)38(21-6-7-21)13-10-32-27(42)23-16-30-8-9-31-23;/h8-9,16,19-22H,1-7,10-15,17-18,29H2,(H,32,42)(H,33,39)(H,35,40);1H/t20-,22-;/m0./s1. The van der Waals surface area contributed by atoms with E-state index in [1.165, 1.54) is 23.5 Å². The third-order valence-electron chi connectivity index (χ3n) is 7.85. The molecule has 0 bridgehead atoms. The van der Waals surface area contributed by atoms with E-state index in [-0.39, 0.29) is 67.9 Å². The minimum absolute atomic E-state index is 0. The number of carbonyl (C=O) groups excluding carboxylic acids is 5. The Hall–Kier alpha value is -4.01. The van der Waals surface area contributed by atoms with Crippen molar-refractivity contribution in [2.75, 3.05) is 45.8 Å². The molecule has 0 aromatic carbocycles. The largest absolute Gasteiger partial charge is 0.361 e. The summed E-state index contributed by atoms with van der Waals surface area (Å²) in [4.78, 5) is 77.5. The van der Waals surface area contributed by atoms with Crippen molar-refractivity contribution in [3.8, 4) is 0 Å². The van der Waals surface area contributed by atoms with E-state index in [9.17, 15) is 24.0 Å². The zero-order valence-electron chi connectivity index (χ0n) is 24.9. The van der Waals surface area contributed by atoms with Crippen molar-refractivity contribution >= 4 is 48.3 Å². The molecule has 3 heterocycles. The van der Waals surface area contributed by atoms with Crippen LogP contribution < -0.4 is 21.8 Å². The molecular formula is C28H43ClN10O5. The van der Waals surface area contributed by atoms with Crippen molar-refractivity contribution in [2.45, 2.75) is 63.5 Å². The van der Waals surface area contributed by atoms with Gasteiger partial charge in [0.2, 0.25) is 23.6 Å². The number of piperidine rings is 2. The van der Waals surface area contributed by atoms with Gasteiger partial charge in [-0.3, -0.25) is 29.0 Å². The van der Waals surface area contributed by atoms with Gasteiger partial charge in [-0.25, -0.2) is 4.98 Å². The van der Waals surface area contributed by atoms with Gasteiger partial charge in [0.05, 0.1) is 19.2 Å². The van der Waals surface area contributed by atoms with Crippen molar-refractivity contribution in [3.63, 3.8) is 0 Å². The molecule has 0 radical (unpaired) electrons. The Bertz CT molecular complexity index is 1170. The SMILES string of the molecule is Cl.NN=CN1CCC[C@@H](CNC(=O)C[C@H](NC(=O)CN2CCCCC2=O)C(=O)N(CCNC(=O)c2cnccn2)C2CC2)C1. The van der Waals surface area contributed by atoms with Gasteiger partial charge in [0.25, 0.3) is 5.91 Å². The van der Waals surface area contributed by atoms with Crippen LogP contribution in [-0.4, -0.2) is 118 Å². The fourth-order valence-electron chi connectivity index (χ4n) is 5.48. The lowest BCUT2D eigenvalue weighted by Crippen LogP contribution is -2.54. The summed E-state index contributed by atoms with van der Waals surface area (Å²) in [6, 6.07) is -1.15. The van der Waals surface area contributed by atoms with Crippen LogP contribution in [0.15, 0.2) is 23.7 Å². The monoisotopic (exact) mass is 634 g/mol. The van der Waals surface area contributed by atoms with Crippen LogP contribution >= 0.6 is 12.4 Å². The highest BCUT2D eigenvalue weighted by Crippen LogP contribution is 2.27. The average Bonchev–Trinajstić information content (AvgIpc) is 3.85. The molecule has 1 saturated carbocycles. The highest BCUT2D eigenvalue weighted by molar-refractivity contribution is 5.94. The quantitative estimate of drug-likeness (QED) is 0.0880. The smallest absolute Gasteiger partial charge is 0.271 e. The lowest BCUT2D eigenvalue weighted by atomic mass is 9.98. The molecule has 1 aliphatic carbocycles. The van der Waals surface area contributed by atoms with Gasteiger partial charge in [0, 0.05) is 64.1 Å². The van der Waals surface area contributed by atoms with Gasteiger partial charge in [0.15, 0.2) is 0 Å². The van der Waals surface area contributed by atoms with E-state index in [2.05, 4.69) is 31.0 Å². The molecule has 0 unspecified atom stereocenters. The lowest BCUT2D eigenvalue weighted by molar-refractivity contribution is -0.141. The Balaban J connectivity index is 0.00000529. The predicted octanol–water partition coefficient (Wildman–Crippen LogP) is -0.763. The van der Waals surface area contributed by atoms with Crippen LogP contribution in [0.1, 0.15) is 61.9 Å². The molecule has 4 rings (SSSR count). The topological polar surface area (TPSA) is 195 Å². The third kappa shape index (κ3) is 10.6. The first kappa shape index (κ1) is 34.5. The number of hydrogen-bond donors (Lipinski definition) is 4. The van der Waals surface area contributed by atoms with Crippen molar-refractivity contribution in [1.82, 2.24) is 40.6 Å². The minimum Gasteiger partial charge on any atom is -0.361 e. The number of hydrogen-bond acceptors (Lipinski definition) is 9. The fourth-order valence-corrected chi connectivity index (χ4v) is 5.48. The number of amides is 5. The zero-order chi connectivity index (χ0) is 30.6. The first-order valence-corrected chi connectivity index (χ1v) is 15.0. The van der Waals surface area contributed by atoms with Crippen molar-refractivity contribution in [2.24, 2.45) is 16.9 Å². The average molecular weight is 635 g/mol. The van der Waals surface area contributed by atoms with Crippen molar-refractivity contribution in [1.29, 1.82) is 0 Å². The Morgan fingerprint density at radius 2 is 1.91 bits per heavy atom. The van der Waals surface area contributed by atoms with Crippen LogP contribution in [0.5, 0.6) is 0 Å². The second-order valence-electron chi connectivity index (χ2n) is 11.3. The van der Waals surface area contributed by atoms with E-state index in [0.717, 1.165) is 45.1 Å². The second kappa shape index (κ2) is 17.3. The summed E-state index contributed by atoms with van der Waals surface area (Å²) >= 11 is 0. The molecular weight excluding hydrogens is 592 g/mol. The molecule has 1 aromatic rings. The summed E-state index contributed by atoms with van der Waals surface area (Å²) < 4.78 is 0. The highest BCUT2D eigenvalue weighted by atomic mass is 35.5. The molecule has 2 saturated heterocycles. The molecule has 2 aliphatic heterocycles. The fraction of sp³-hybridized carbons (Fsp3) is 0.643. The minimum atomic E-state index is -1.11. The Kier molecular flexibility index (Phi) is 13.6. The van der Waals surface area contributed by atoms with Gasteiger partial charge in [-0.1, -0.05) is 0 Å². The molecule has 5 N–H and O–H groups in total. The number of rotatable bonds is 14. The number of likely N-dealkylation sites (tertiary alicyclic amines) is 2. The number of nitrogens with one attached hydrogen (secondary N) is 3. The first-order valence-electron chi connectivity index (χ1n) is 15.0. The van der Waals surface area contributed by atoms with E-state index in [0.29, 0.717) is 26.1 Å². The number of nitrogens with zero attached hydrogens (tertiary/aromatic N) is 6. The van der Waals surface area contributed by atoms with E-state index < -0.39 is 23.8 Å². The highest BCUT2D eigenvalue weighted by Gasteiger charge is 2.37. The van der Waals surface area contributed by atoms with Crippen molar-refractivity contribution < 1.29 is 24.0 Å². The number of hydrazone groups is 1. The molecule has 2 atom stereocenters. The van der Waals surface area contributed by atoms with E-state index >= 15 is 0 Å². The van der Waals surface area contributed by atoms with Crippen LogP contribution in [0.4, 0.5) is 0 Å². The summed E-state index contributed by atoms with van der Waals surface area (Å²) in [5, 5.41) is 12.0. The van der Waals surface area contributed by atoms with Crippen LogP contribution in [0, 0.1) is 5.92 Å². The first-order chi connectivity index (χ1) is 20.8. The van der Waals surface area contributed by atoms with Gasteiger partial charge in [-0.2, -0.15) is 5.10 Å². The maximum Gasteiger partial charge on any atom is 0.271 e. The van der Waals surface area contributed by atoms with Gasteiger partial charge in [-0.15, -0.1) is 12.4 Å². The molecule has 1 aromatic heterocycles. The molecule has 3 aliphatic rings. The Labute approximate surface area is 263 Å². The van der Waals surface area contributed by atoms with Crippen LogP contribution in [0.2, 0.25) is 0 Å². The summed E-state index contributed by atoms with van der Waals surface area (Å²) in [6.45, 7) is 2.67. The number of carbonyl (C=O) groups is 5. The lowest BCUT2D eigenvalue weighted by Gasteiger charge is -2.31. The molecule has 5 amide bonds. The molecule has 0 spiro atoms. The summed E-state index contributed by atoms with van der Waals surface area (Å²) in [5.74, 6) is 3.73. The second-order valence-corrected chi connectivity index (χ2v) is 11.3. The molecule has 16 heteroatoms.